The molecule has 0 aliphatic carbocycles. The van der Waals surface area contributed by atoms with Crippen LogP contribution in [0.4, 0.5) is 0 Å². The summed E-state index contributed by atoms with van der Waals surface area (Å²) >= 11 is 0. The second-order valence-corrected chi connectivity index (χ2v) is 13.2. The number of aromatic nitrogens is 9. The van der Waals surface area contributed by atoms with Crippen LogP contribution in [0.5, 0.6) is 0 Å². The quantitative estimate of drug-likeness (QED) is 0.153. The van der Waals surface area contributed by atoms with Crippen molar-refractivity contribution in [1.29, 1.82) is 0 Å². The molecule has 0 saturated carbocycles. The molecule has 3 aromatic carbocycles. The molecular formula is C39H41N9. The van der Waals surface area contributed by atoms with E-state index in [1.54, 1.807) is 0 Å². The highest BCUT2D eigenvalue weighted by molar-refractivity contribution is 5.72. The number of benzene rings is 3. The molecule has 0 unspecified atom stereocenters. The second kappa shape index (κ2) is 13.8. The predicted molar refractivity (Wildman–Crippen MR) is 190 cm³/mol. The molecule has 0 aliphatic rings. The Hall–Kier alpha value is -5.31. The molecule has 6 aromatic rings. The highest BCUT2D eigenvalue weighted by Gasteiger charge is 2.18. The van der Waals surface area contributed by atoms with E-state index >= 15 is 0 Å². The van der Waals surface area contributed by atoms with Gasteiger partial charge in [0.25, 0.3) is 0 Å². The van der Waals surface area contributed by atoms with E-state index in [0.29, 0.717) is 29.1 Å². The molecule has 0 N–H and O–H groups in total. The maximum Gasteiger partial charge on any atom is 0.164 e. The maximum atomic E-state index is 5.02. The summed E-state index contributed by atoms with van der Waals surface area (Å²) in [6.07, 6.45) is 0. The Morgan fingerprint density at radius 2 is 0.562 bits per heavy atom. The summed E-state index contributed by atoms with van der Waals surface area (Å²) in [5, 5.41) is 0. The molecule has 242 valence electrons. The third-order valence-electron chi connectivity index (χ3n) is 7.83. The van der Waals surface area contributed by atoms with E-state index in [1.165, 1.54) is 0 Å². The van der Waals surface area contributed by atoms with Crippen LogP contribution in [0, 0.1) is 0 Å². The average molecular weight is 636 g/mol. The molecule has 0 fully saturated rings. The number of rotatable bonds is 9. The van der Waals surface area contributed by atoms with Crippen molar-refractivity contribution in [3.8, 4) is 56.9 Å². The summed E-state index contributed by atoms with van der Waals surface area (Å²) in [4.78, 5) is 43.7. The number of hydrogen-bond acceptors (Lipinski definition) is 9. The lowest BCUT2D eigenvalue weighted by Crippen LogP contribution is -2.08. The first-order chi connectivity index (χ1) is 23.0. The molecule has 0 bridgehead atoms. The Morgan fingerprint density at radius 1 is 0.292 bits per heavy atom. The Kier molecular flexibility index (Phi) is 9.39. The summed E-state index contributed by atoms with van der Waals surface area (Å²) in [7, 11) is 0. The van der Waals surface area contributed by atoms with Gasteiger partial charge in [0.05, 0.1) is 0 Å². The van der Waals surface area contributed by atoms with Crippen molar-refractivity contribution in [3.63, 3.8) is 0 Å². The molecule has 48 heavy (non-hydrogen) atoms. The fourth-order valence-electron chi connectivity index (χ4n) is 5.05. The Labute approximate surface area is 282 Å². The first-order valence-corrected chi connectivity index (χ1v) is 16.6. The van der Waals surface area contributed by atoms with Crippen LogP contribution in [0.3, 0.4) is 0 Å². The SMILES string of the molecule is CC(C)c1nc(-c2cccc(-c3nc(-c4ccccc4)nc(-c4cccc(-c5nc(C(C)C)nc(C(C)C)n5)c4)n3)c2)nc(C(C)C)n1. The van der Waals surface area contributed by atoms with E-state index in [0.717, 1.165) is 51.1 Å². The Balaban J connectivity index is 1.48. The van der Waals surface area contributed by atoms with Gasteiger partial charge in [-0.05, 0) is 12.1 Å². The summed E-state index contributed by atoms with van der Waals surface area (Å²) < 4.78 is 0. The minimum absolute atomic E-state index is 0.175. The van der Waals surface area contributed by atoms with E-state index < -0.39 is 0 Å². The monoisotopic (exact) mass is 635 g/mol. The van der Waals surface area contributed by atoms with Gasteiger partial charge in [0.2, 0.25) is 0 Å². The average Bonchev–Trinajstić information content (AvgIpc) is 3.11. The van der Waals surface area contributed by atoms with E-state index in [2.05, 4.69) is 55.4 Å². The Bertz CT molecular complexity index is 1880. The fraction of sp³-hybridized carbons (Fsp3) is 0.308. The van der Waals surface area contributed by atoms with E-state index in [1.807, 2.05) is 78.9 Å². The third kappa shape index (κ3) is 7.15. The van der Waals surface area contributed by atoms with Gasteiger partial charge < -0.3 is 0 Å². The summed E-state index contributed by atoms with van der Waals surface area (Å²) in [5.74, 6) is 6.79. The number of nitrogens with zero attached hydrogens (tertiary/aromatic N) is 9. The minimum Gasteiger partial charge on any atom is -0.217 e. The van der Waals surface area contributed by atoms with Gasteiger partial charge in [-0.1, -0.05) is 122 Å². The standard InChI is InChI=1S/C39H41N9/c1-22(2)31-40-32(23(3)4)43-36(42-31)27-16-12-18-29(20-27)38-46-35(26-14-10-9-11-15-26)47-39(48-38)30-19-13-17-28(21-30)37-44-33(24(5)6)41-34(45-37)25(7)8/h9-25H,1-8H3. The molecule has 3 heterocycles. The predicted octanol–water partition coefficient (Wildman–Crippen LogP) is 9.07. The van der Waals surface area contributed by atoms with Gasteiger partial charge in [0.1, 0.15) is 23.3 Å². The Morgan fingerprint density at radius 3 is 0.875 bits per heavy atom. The van der Waals surface area contributed by atoms with Gasteiger partial charge in [-0.25, -0.2) is 44.9 Å². The molecule has 6 rings (SSSR count). The normalized spacial score (nSPS) is 11.7. The van der Waals surface area contributed by atoms with Crippen molar-refractivity contribution in [2.75, 3.05) is 0 Å². The molecule has 0 spiro atoms. The number of hydrogen-bond donors (Lipinski definition) is 0. The minimum atomic E-state index is 0.175. The maximum absolute atomic E-state index is 5.02. The van der Waals surface area contributed by atoms with Crippen LogP contribution in [0.1, 0.15) is 102 Å². The van der Waals surface area contributed by atoms with E-state index in [9.17, 15) is 0 Å². The summed E-state index contributed by atoms with van der Waals surface area (Å²) in [6, 6.07) is 26.1. The summed E-state index contributed by atoms with van der Waals surface area (Å²) in [6.45, 7) is 16.8. The first kappa shape index (κ1) is 32.6. The van der Waals surface area contributed by atoms with Gasteiger partial charge >= 0.3 is 0 Å². The lowest BCUT2D eigenvalue weighted by molar-refractivity contribution is 0.697. The molecule has 0 aliphatic heterocycles. The third-order valence-corrected chi connectivity index (χ3v) is 7.83. The van der Waals surface area contributed by atoms with Crippen molar-refractivity contribution in [1.82, 2.24) is 44.9 Å². The molecule has 0 atom stereocenters. The van der Waals surface area contributed by atoms with Crippen LogP contribution in [0.15, 0.2) is 78.9 Å². The fourth-order valence-corrected chi connectivity index (χ4v) is 5.05. The van der Waals surface area contributed by atoms with Crippen molar-refractivity contribution in [2.24, 2.45) is 0 Å². The van der Waals surface area contributed by atoms with Gasteiger partial charge in [0, 0.05) is 51.5 Å². The van der Waals surface area contributed by atoms with Crippen LogP contribution in [-0.2, 0) is 0 Å². The molecule has 0 saturated heterocycles. The van der Waals surface area contributed by atoms with Crippen LogP contribution in [0.25, 0.3) is 56.9 Å². The van der Waals surface area contributed by atoms with Crippen LogP contribution in [0.2, 0.25) is 0 Å². The highest BCUT2D eigenvalue weighted by Crippen LogP contribution is 2.30. The largest absolute Gasteiger partial charge is 0.217 e. The van der Waals surface area contributed by atoms with Crippen LogP contribution < -0.4 is 0 Å². The smallest absolute Gasteiger partial charge is 0.164 e. The van der Waals surface area contributed by atoms with Gasteiger partial charge in [-0.15, -0.1) is 0 Å². The van der Waals surface area contributed by atoms with Crippen molar-refractivity contribution in [2.45, 2.75) is 79.1 Å². The zero-order chi connectivity index (χ0) is 33.9. The van der Waals surface area contributed by atoms with Crippen LogP contribution in [-0.4, -0.2) is 44.9 Å². The first-order valence-electron chi connectivity index (χ1n) is 16.6. The topological polar surface area (TPSA) is 116 Å². The van der Waals surface area contributed by atoms with Crippen molar-refractivity contribution in [3.05, 3.63) is 102 Å². The van der Waals surface area contributed by atoms with Crippen LogP contribution >= 0.6 is 0 Å². The van der Waals surface area contributed by atoms with E-state index in [4.69, 9.17) is 44.9 Å². The van der Waals surface area contributed by atoms with Crippen molar-refractivity contribution < 1.29 is 0 Å². The highest BCUT2D eigenvalue weighted by atomic mass is 15.1. The van der Waals surface area contributed by atoms with Gasteiger partial charge in [0.15, 0.2) is 29.1 Å². The zero-order valence-electron chi connectivity index (χ0n) is 28.8. The van der Waals surface area contributed by atoms with Gasteiger partial charge in [-0.2, -0.15) is 0 Å². The molecule has 9 heteroatoms. The molecule has 9 nitrogen and oxygen atoms in total. The zero-order valence-corrected chi connectivity index (χ0v) is 28.8. The summed E-state index contributed by atoms with van der Waals surface area (Å²) in [5.41, 5.74) is 4.32. The van der Waals surface area contributed by atoms with Gasteiger partial charge in [-0.3, -0.25) is 0 Å². The molecule has 0 amide bonds. The van der Waals surface area contributed by atoms with Crippen molar-refractivity contribution >= 4 is 0 Å². The lowest BCUT2D eigenvalue weighted by Gasteiger charge is -2.13. The molecular weight excluding hydrogens is 594 g/mol. The molecule has 0 radical (unpaired) electrons. The lowest BCUT2D eigenvalue weighted by atomic mass is 10.1. The molecule has 3 aromatic heterocycles. The van der Waals surface area contributed by atoms with E-state index in [-0.39, 0.29) is 23.7 Å². The second-order valence-electron chi connectivity index (χ2n) is 13.2.